The molecule has 2 aromatic carbocycles. The fourth-order valence-electron chi connectivity index (χ4n) is 2.78. The van der Waals surface area contributed by atoms with Crippen molar-refractivity contribution < 1.29 is 9.18 Å². The molecule has 1 aliphatic rings. The molecule has 26 heavy (non-hydrogen) atoms. The lowest BCUT2D eigenvalue weighted by molar-refractivity contribution is 0.102. The van der Waals surface area contributed by atoms with E-state index in [1.165, 1.54) is 23.9 Å². The second-order valence-electron chi connectivity index (χ2n) is 6.16. The number of nitriles is 1. The number of nitrogens with zero attached hydrogens (tertiary/aromatic N) is 2. The van der Waals surface area contributed by atoms with Crippen LogP contribution in [0.5, 0.6) is 0 Å². The van der Waals surface area contributed by atoms with E-state index in [2.05, 4.69) is 10.3 Å². The molecular formula is C19H17FN4OS. The van der Waals surface area contributed by atoms with Crippen molar-refractivity contribution in [2.45, 2.75) is 18.9 Å². The van der Waals surface area contributed by atoms with Gasteiger partial charge in [0.15, 0.2) is 5.17 Å². The Hall–Kier alpha value is -2.85. The van der Waals surface area contributed by atoms with Gasteiger partial charge in [0.05, 0.1) is 22.9 Å². The molecule has 0 saturated heterocycles. The summed E-state index contributed by atoms with van der Waals surface area (Å²) < 4.78 is 14.2. The highest BCUT2D eigenvalue weighted by molar-refractivity contribution is 8.13. The van der Waals surface area contributed by atoms with Gasteiger partial charge in [-0.25, -0.2) is 4.39 Å². The van der Waals surface area contributed by atoms with Crippen LogP contribution in [0.15, 0.2) is 47.5 Å². The number of nitrogens with one attached hydrogen (secondary N) is 1. The van der Waals surface area contributed by atoms with Crippen molar-refractivity contribution in [3.63, 3.8) is 0 Å². The van der Waals surface area contributed by atoms with Gasteiger partial charge >= 0.3 is 0 Å². The zero-order valence-electron chi connectivity index (χ0n) is 14.1. The molecule has 7 heteroatoms. The molecule has 3 rings (SSSR count). The molecule has 1 aliphatic heterocycles. The molecule has 0 aliphatic carbocycles. The number of hydrogen-bond donors (Lipinski definition) is 2. The standard InChI is InChI=1S/C19H17FN4OS/c1-19(7-8-26-18(22)24-19)14-5-6-15(20)16(10-14)23-17(25)13-4-2-3-12(9-13)11-21/h2-6,9-10H,7-8H2,1H3,(H2,22,24)(H,23,25). The third kappa shape index (κ3) is 3.70. The smallest absolute Gasteiger partial charge is 0.255 e. The van der Waals surface area contributed by atoms with Gasteiger partial charge in [0.25, 0.3) is 5.91 Å². The van der Waals surface area contributed by atoms with Crippen LogP contribution in [0.4, 0.5) is 10.1 Å². The number of nitrogens with two attached hydrogens (primary N) is 1. The molecule has 0 saturated carbocycles. The number of carbonyl (C=O) groups excluding carboxylic acids is 1. The molecule has 132 valence electrons. The maximum Gasteiger partial charge on any atom is 0.255 e. The lowest BCUT2D eigenvalue weighted by Crippen LogP contribution is -2.29. The molecule has 1 amide bonds. The molecule has 1 heterocycles. The lowest BCUT2D eigenvalue weighted by atomic mass is 9.89. The number of rotatable bonds is 3. The van der Waals surface area contributed by atoms with E-state index in [1.54, 1.807) is 30.3 Å². The van der Waals surface area contributed by atoms with Crippen LogP contribution in [-0.4, -0.2) is 16.8 Å². The van der Waals surface area contributed by atoms with Crippen molar-refractivity contribution in [1.29, 1.82) is 5.26 Å². The fourth-order valence-corrected chi connectivity index (χ4v) is 3.75. The van der Waals surface area contributed by atoms with Gasteiger partial charge in [0.2, 0.25) is 0 Å². The Kier molecular flexibility index (Phi) is 4.96. The van der Waals surface area contributed by atoms with Crippen LogP contribution in [0, 0.1) is 17.1 Å². The Bertz CT molecular complexity index is 937. The number of hydrogen-bond acceptors (Lipinski definition) is 5. The summed E-state index contributed by atoms with van der Waals surface area (Å²) in [7, 11) is 0. The van der Waals surface area contributed by atoms with E-state index < -0.39 is 17.3 Å². The number of benzene rings is 2. The van der Waals surface area contributed by atoms with E-state index in [-0.39, 0.29) is 11.3 Å². The van der Waals surface area contributed by atoms with Crippen LogP contribution in [0.2, 0.25) is 0 Å². The predicted octanol–water partition coefficient (Wildman–Crippen LogP) is 3.62. The van der Waals surface area contributed by atoms with Crippen LogP contribution in [0.1, 0.15) is 34.8 Å². The fraction of sp³-hybridized carbons (Fsp3) is 0.211. The minimum Gasteiger partial charge on any atom is -0.379 e. The summed E-state index contributed by atoms with van der Waals surface area (Å²) >= 11 is 1.49. The topological polar surface area (TPSA) is 91.3 Å². The zero-order chi connectivity index (χ0) is 18.7. The summed E-state index contributed by atoms with van der Waals surface area (Å²) in [5.41, 5.74) is 6.80. The Morgan fingerprint density at radius 3 is 2.92 bits per heavy atom. The minimum atomic E-state index is -0.552. The Balaban J connectivity index is 1.90. The number of halogens is 1. The van der Waals surface area contributed by atoms with Crippen molar-refractivity contribution in [3.8, 4) is 6.07 Å². The number of amidine groups is 1. The van der Waals surface area contributed by atoms with E-state index in [0.717, 1.165) is 17.7 Å². The van der Waals surface area contributed by atoms with Crippen LogP contribution in [0.3, 0.4) is 0 Å². The Morgan fingerprint density at radius 1 is 1.38 bits per heavy atom. The van der Waals surface area contributed by atoms with Crippen LogP contribution < -0.4 is 11.1 Å². The third-order valence-corrected chi connectivity index (χ3v) is 5.08. The Morgan fingerprint density at radius 2 is 2.19 bits per heavy atom. The van der Waals surface area contributed by atoms with Gasteiger partial charge in [-0.3, -0.25) is 9.79 Å². The molecule has 0 fully saturated rings. The van der Waals surface area contributed by atoms with Gasteiger partial charge in [-0.15, -0.1) is 0 Å². The van der Waals surface area contributed by atoms with Gasteiger partial charge in [-0.1, -0.05) is 23.9 Å². The molecule has 1 unspecified atom stereocenters. The first-order chi connectivity index (χ1) is 12.4. The molecular weight excluding hydrogens is 351 g/mol. The Labute approximate surface area is 155 Å². The average molecular weight is 368 g/mol. The normalized spacial score (nSPS) is 19.3. The van der Waals surface area contributed by atoms with Gasteiger partial charge in [-0.05, 0) is 49.2 Å². The van der Waals surface area contributed by atoms with Crippen molar-refractivity contribution in [1.82, 2.24) is 0 Å². The summed E-state index contributed by atoms with van der Waals surface area (Å²) in [4.78, 5) is 16.9. The maximum absolute atomic E-state index is 14.2. The SMILES string of the molecule is CC1(c2ccc(F)c(NC(=O)c3cccc(C#N)c3)c2)CCSC(N)=N1. The maximum atomic E-state index is 14.2. The third-order valence-electron chi connectivity index (χ3n) is 4.29. The number of anilines is 1. The number of amides is 1. The van der Waals surface area contributed by atoms with Crippen LogP contribution in [0.25, 0.3) is 0 Å². The lowest BCUT2D eigenvalue weighted by Gasteiger charge is -2.30. The van der Waals surface area contributed by atoms with Crippen LogP contribution >= 0.6 is 11.8 Å². The predicted molar refractivity (Wildman–Crippen MR) is 102 cm³/mol. The molecule has 1 atom stereocenters. The van der Waals surface area contributed by atoms with Gasteiger partial charge < -0.3 is 11.1 Å². The van der Waals surface area contributed by atoms with E-state index in [1.807, 2.05) is 13.0 Å². The first-order valence-corrected chi connectivity index (χ1v) is 8.99. The van der Waals surface area contributed by atoms with Crippen LogP contribution in [-0.2, 0) is 5.54 Å². The minimum absolute atomic E-state index is 0.0723. The van der Waals surface area contributed by atoms with Crippen molar-refractivity contribution in [2.24, 2.45) is 10.7 Å². The van der Waals surface area contributed by atoms with Crippen molar-refractivity contribution >= 4 is 28.5 Å². The number of aliphatic imine (C=N–C) groups is 1. The van der Waals surface area contributed by atoms with E-state index in [4.69, 9.17) is 11.0 Å². The molecule has 2 aromatic rings. The highest BCUT2D eigenvalue weighted by atomic mass is 32.2. The first kappa shape index (κ1) is 18.0. The first-order valence-electron chi connectivity index (χ1n) is 8.01. The van der Waals surface area contributed by atoms with E-state index in [9.17, 15) is 9.18 Å². The molecule has 3 N–H and O–H groups in total. The van der Waals surface area contributed by atoms with Crippen molar-refractivity contribution in [3.05, 3.63) is 65.0 Å². The monoisotopic (exact) mass is 368 g/mol. The van der Waals surface area contributed by atoms with E-state index in [0.29, 0.717) is 10.7 Å². The molecule has 0 bridgehead atoms. The summed E-state index contributed by atoms with van der Waals surface area (Å²) in [6, 6.07) is 12.8. The van der Waals surface area contributed by atoms with Gasteiger partial charge in [-0.2, -0.15) is 5.26 Å². The number of carbonyl (C=O) groups is 1. The quantitative estimate of drug-likeness (QED) is 0.866. The summed E-state index contributed by atoms with van der Waals surface area (Å²) in [6.45, 7) is 1.94. The molecule has 0 aromatic heterocycles. The second-order valence-corrected chi connectivity index (χ2v) is 7.28. The molecule has 0 spiro atoms. The second kappa shape index (κ2) is 7.18. The highest BCUT2D eigenvalue weighted by Gasteiger charge is 2.30. The van der Waals surface area contributed by atoms with Gasteiger partial charge in [0.1, 0.15) is 5.82 Å². The largest absolute Gasteiger partial charge is 0.379 e. The van der Waals surface area contributed by atoms with Gasteiger partial charge in [0, 0.05) is 11.3 Å². The molecule has 0 radical (unpaired) electrons. The average Bonchev–Trinajstić information content (AvgIpc) is 2.63. The zero-order valence-corrected chi connectivity index (χ0v) is 14.9. The van der Waals surface area contributed by atoms with Crippen molar-refractivity contribution in [2.75, 3.05) is 11.1 Å². The molecule has 5 nitrogen and oxygen atoms in total. The summed E-state index contributed by atoms with van der Waals surface area (Å²) in [6.07, 6.45) is 0.765. The number of thioether (sulfide) groups is 1. The van der Waals surface area contributed by atoms with E-state index >= 15 is 0 Å². The highest BCUT2D eigenvalue weighted by Crippen LogP contribution is 2.36. The summed E-state index contributed by atoms with van der Waals surface area (Å²) in [5, 5.41) is 12.0. The summed E-state index contributed by atoms with van der Waals surface area (Å²) in [5.74, 6) is -0.193.